The summed E-state index contributed by atoms with van der Waals surface area (Å²) >= 11 is -0.249. The summed E-state index contributed by atoms with van der Waals surface area (Å²) < 4.78 is 37.8. The number of nitrogens with zero attached hydrogens (tertiary/aromatic N) is 4. The maximum absolute atomic E-state index is 12.6. The number of hydrogen-bond donors (Lipinski definition) is 2. The molecule has 0 radical (unpaired) electrons. The van der Waals surface area contributed by atoms with Gasteiger partial charge in [0.2, 0.25) is 11.9 Å². The zero-order valence-electron chi connectivity index (χ0n) is 12.6. The Hall–Kier alpha value is -2.56. The van der Waals surface area contributed by atoms with E-state index in [1.165, 1.54) is 18.2 Å². The minimum Gasteiger partial charge on any atom is -0.368 e. The molecule has 1 heterocycles. The summed E-state index contributed by atoms with van der Waals surface area (Å²) in [6, 6.07) is 5.69. The van der Waals surface area contributed by atoms with Gasteiger partial charge in [-0.25, -0.2) is 0 Å². The summed E-state index contributed by atoms with van der Waals surface area (Å²) in [5.74, 6) is -0.218. The van der Waals surface area contributed by atoms with Crippen molar-refractivity contribution in [1.29, 1.82) is 0 Å². The van der Waals surface area contributed by atoms with Crippen LogP contribution in [0.2, 0.25) is 0 Å². The maximum atomic E-state index is 12.6. The van der Waals surface area contributed by atoms with Crippen LogP contribution in [-0.4, -0.2) is 26.2 Å². The number of benzene rings is 1. The molecule has 1 aromatic heterocycles. The third kappa shape index (κ3) is 5.57. The highest BCUT2D eigenvalue weighted by Gasteiger charge is 2.30. The van der Waals surface area contributed by atoms with Gasteiger partial charge in [0.05, 0.1) is 11.4 Å². The van der Waals surface area contributed by atoms with Crippen molar-refractivity contribution < 1.29 is 18.0 Å². The van der Waals surface area contributed by atoms with Crippen molar-refractivity contribution in [1.82, 2.24) is 15.0 Å². The second-order valence-corrected chi connectivity index (χ2v) is 5.71. The molecule has 24 heavy (non-hydrogen) atoms. The average Bonchev–Trinajstić information content (AvgIpc) is 2.45. The van der Waals surface area contributed by atoms with Crippen LogP contribution < -0.4 is 15.9 Å². The van der Waals surface area contributed by atoms with Crippen LogP contribution in [0, 0.1) is 0 Å². The van der Waals surface area contributed by atoms with Gasteiger partial charge >= 0.3 is 11.5 Å². The number of para-hydroxylation sites is 1. The third-order valence-electron chi connectivity index (χ3n) is 2.30. The molecule has 0 saturated heterocycles. The van der Waals surface area contributed by atoms with Crippen LogP contribution in [0.4, 0.5) is 30.8 Å². The summed E-state index contributed by atoms with van der Waals surface area (Å²) in [5, 5.41) is 6.35. The van der Waals surface area contributed by atoms with Gasteiger partial charge in [-0.1, -0.05) is 17.3 Å². The van der Waals surface area contributed by atoms with Crippen LogP contribution >= 0.6 is 11.8 Å². The van der Waals surface area contributed by atoms with Crippen LogP contribution in [0.1, 0.15) is 13.8 Å². The van der Waals surface area contributed by atoms with Gasteiger partial charge in [-0.15, -0.1) is 0 Å². The monoisotopic (exact) mass is 358 g/mol. The van der Waals surface area contributed by atoms with Crippen molar-refractivity contribution in [2.45, 2.75) is 24.3 Å². The molecule has 7 nitrogen and oxygen atoms in total. The van der Waals surface area contributed by atoms with Crippen molar-refractivity contribution in [3.63, 3.8) is 0 Å². The van der Waals surface area contributed by atoms with Gasteiger partial charge in [-0.05, 0) is 37.7 Å². The number of oxime groups is 1. The molecule has 0 spiro atoms. The van der Waals surface area contributed by atoms with Gasteiger partial charge in [-0.3, -0.25) is 0 Å². The minimum absolute atomic E-state index is 0.0334. The Morgan fingerprint density at radius 1 is 1.21 bits per heavy atom. The van der Waals surface area contributed by atoms with Crippen LogP contribution in [0.5, 0.6) is 6.01 Å². The second kappa shape index (κ2) is 7.34. The first kappa shape index (κ1) is 17.8. The summed E-state index contributed by atoms with van der Waals surface area (Å²) in [7, 11) is 0. The second-order valence-electron chi connectivity index (χ2n) is 4.60. The topological polar surface area (TPSA) is 98.3 Å². The summed E-state index contributed by atoms with van der Waals surface area (Å²) in [6.45, 7) is 3.41. The number of rotatable bonds is 5. The van der Waals surface area contributed by atoms with Crippen LogP contribution in [0.25, 0.3) is 0 Å². The molecule has 0 aliphatic rings. The predicted molar refractivity (Wildman–Crippen MR) is 85.3 cm³/mol. The molecular formula is C13H13F3N6OS. The highest BCUT2D eigenvalue weighted by Crippen LogP contribution is 2.40. The van der Waals surface area contributed by atoms with Gasteiger partial charge in [0.25, 0.3) is 0 Å². The lowest BCUT2D eigenvalue weighted by Gasteiger charge is -2.12. The van der Waals surface area contributed by atoms with E-state index >= 15 is 0 Å². The summed E-state index contributed by atoms with van der Waals surface area (Å²) in [4.78, 5) is 16.4. The van der Waals surface area contributed by atoms with E-state index in [4.69, 9.17) is 10.6 Å². The molecule has 0 saturated carbocycles. The molecule has 3 N–H and O–H groups in total. The first-order chi connectivity index (χ1) is 11.2. The molecule has 0 aliphatic carbocycles. The zero-order chi connectivity index (χ0) is 17.7. The predicted octanol–water partition coefficient (Wildman–Crippen LogP) is 3.58. The Morgan fingerprint density at radius 2 is 1.92 bits per heavy atom. The summed E-state index contributed by atoms with van der Waals surface area (Å²) in [6.07, 6.45) is 0. The Balaban J connectivity index is 2.27. The quantitative estimate of drug-likeness (QED) is 0.479. The SMILES string of the molecule is CC(C)=NOc1nc(N)nc(Nc2ccccc2SC(F)(F)F)n1. The number of halogens is 3. The molecule has 0 aliphatic heterocycles. The number of nitrogen functional groups attached to an aromatic ring is 1. The molecule has 0 amide bonds. The fourth-order valence-corrected chi connectivity index (χ4v) is 2.13. The number of nitrogens with one attached hydrogen (secondary N) is 1. The van der Waals surface area contributed by atoms with E-state index in [9.17, 15) is 13.2 Å². The molecule has 0 fully saturated rings. The molecule has 1 aromatic carbocycles. The molecular weight excluding hydrogens is 345 g/mol. The van der Waals surface area contributed by atoms with E-state index in [2.05, 4.69) is 25.4 Å². The minimum atomic E-state index is -4.42. The maximum Gasteiger partial charge on any atom is 0.446 e. The number of anilines is 3. The Kier molecular flexibility index (Phi) is 5.44. The van der Waals surface area contributed by atoms with E-state index in [-0.39, 0.29) is 40.3 Å². The van der Waals surface area contributed by atoms with E-state index in [0.717, 1.165) is 0 Å². The number of nitrogens with two attached hydrogens (primary N) is 1. The molecule has 0 atom stereocenters. The number of alkyl halides is 3. The van der Waals surface area contributed by atoms with Gasteiger partial charge < -0.3 is 15.9 Å². The normalized spacial score (nSPS) is 11.0. The van der Waals surface area contributed by atoms with E-state index in [1.54, 1.807) is 19.9 Å². The Morgan fingerprint density at radius 3 is 2.58 bits per heavy atom. The lowest BCUT2D eigenvalue weighted by molar-refractivity contribution is -0.0327. The molecule has 128 valence electrons. The zero-order valence-corrected chi connectivity index (χ0v) is 13.4. The van der Waals surface area contributed by atoms with Crippen LogP contribution in [0.15, 0.2) is 34.3 Å². The van der Waals surface area contributed by atoms with E-state index in [1.807, 2.05) is 0 Å². The van der Waals surface area contributed by atoms with Gasteiger partial charge in [0.1, 0.15) is 0 Å². The Labute approximate surface area is 139 Å². The first-order valence-corrected chi connectivity index (χ1v) is 7.36. The number of thioether (sulfide) groups is 1. The standard InChI is InChI=1S/C13H13F3N6OS/c1-7(2)22-23-12-20-10(17)19-11(21-12)18-8-5-3-4-6-9(8)24-13(14,15)16/h3-6H,1-2H3,(H3,17,18,19,20,21). The lowest BCUT2D eigenvalue weighted by Crippen LogP contribution is -2.07. The molecule has 2 aromatic rings. The highest BCUT2D eigenvalue weighted by molar-refractivity contribution is 8.00. The van der Waals surface area contributed by atoms with Gasteiger partial charge in [0, 0.05) is 4.90 Å². The van der Waals surface area contributed by atoms with E-state index < -0.39 is 5.51 Å². The van der Waals surface area contributed by atoms with Crippen molar-refractivity contribution in [3.05, 3.63) is 24.3 Å². The molecule has 0 bridgehead atoms. The number of aromatic nitrogens is 3. The van der Waals surface area contributed by atoms with Crippen LogP contribution in [0.3, 0.4) is 0 Å². The first-order valence-electron chi connectivity index (χ1n) is 6.54. The molecule has 0 unspecified atom stereocenters. The van der Waals surface area contributed by atoms with Crippen molar-refractivity contribution >= 4 is 35.1 Å². The van der Waals surface area contributed by atoms with Crippen molar-refractivity contribution in [2.75, 3.05) is 11.1 Å². The summed E-state index contributed by atoms with van der Waals surface area (Å²) in [5.41, 5.74) is 1.92. The molecule has 2 rings (SSSR count). The molecule has 11 heteroatoms. The Bertz CT molecular complexity index is 749. The van der Waals surface area contributed by atoms with Crippen LogP contribution in [-0.2, 0) is 0 Å². The van der Waals surface area contributed by atoms with Crippen molar-refractivity contribution in [3.8, 4) is 6.01 Å². The van der Waals surface area contributed by atoms with E-state index in [0.29, 0.717) is 5.71 Å². The fourth-order valence-electron chi connectivity index (χ4n) is 1.50. The highest BCUT2D eigenvalue weighted by atomic mass is 32.2. The average molecular weight is 358 g/mol. The van der Waals surface area contributed by atoms with Gasteiger partial charge in [0.15, 0.2) is 0 Å². The number of hydrogen-bond acceptors (Lipinski definition) is 8. The van der Waals surface area contributed by atoms with Crippen molar-refractivity contribution in [2.24, 2.45) is 5.16 Å². The largest absolute Gasteiger partial charge is 0.446 e. The fraction of sp³-hybridized carbons (Fsp3) is 0.231. The smallest absolute Gasteiger partial charge is 0.368 e. The van der Waals surface area contributed by atoms with Gasteiger partial charge in [-0.2, -0.15) is 28.1 Å². The lowest BCUT2D eigenvalue weighted by atomic mass is 10.3. The third-order valence-corrected chi connectivity index (χ3v) is 3.11.